The summed E-state index contributed by atoms with van der Waals surface area (Å²) in [5.74, 6) is 0. The van der Waals surface area contributed by atoms with Crippen LogP contribution in [-0.2, 0) is 11.3 Å². The lowest BCUT2D eigenvalue weighted by Gasteiger charge is -2.27. The second-order valence-electron chi connectivity index (χ2n) is 6.49. The standard InChI is InChI=1S/C20H20N2O4/c1-15-11-18(12-16-7-9-21-10-8-16)13-22(15,19(23)24)20(25)26-14-17-5-3-2-4-6-17/h2-10,12,15H,11,13-14H2,1H3/p+1/t15-,22?/m1/s1. The van der Waals surface area contributed by atoms with Crippen molar-refractivity contribution in [2.45, 2.75) is 26.0 Å². The molecule has 1 aromatic carbocycles. The van der Waals surface area contributed by atoms with E-state index in [-0.39, 0.29) is 13.2 Å². The highest BCUT2D eigenvalue weighted by Crippen LogP contribution is 2.33. The molecule has 1 fully saturated rings. The number of carbonyl (C=O) groups excluding carboxylic acids is 1. The number of rotatable bonds is 3. The first-order valence-electron chi connectivity index (χ1n) is 8.44. The maximum atomic E-state index is 12.7. The Kier molecular flexibility index (Phi) is 5.14. The zero-order chi connectivity index (χ0) is 18.6. The van der Waals surface area contributed by atoms with Crippen LogP contribution in [0.5, 0.6) is 0 Å². The molecule has 2 atom stereocenters. The summed E-state index contributed by atoms with van der Waals surface area (Å²) in [7, 11) is 0. The number of aromatic nitrogens is 1. The van der Waals surface area contributed by atoms with Gasteiger partial charge in [0.2, 0.25) is 0 Å². The molecule has 1 aliphatic rings. The van der Waals surface area contributed by atoms with Gasteiger partial charge in [0, 0.05) is 18.8 Å². The number of likely N-dealkylation sites (tertiary alicyclic amines) is 1. The molecule has 1 N–H and O–H groups in total. The highest BCUT2D eigenvalue weighted by atomic mass is 16.6. The molecule has 0 saturated carbocycles. The van der Waals surface area contributed by atoms with Crippen molar-refractivity contribution in [1.82, 2.24) is 4.98 Å². The van der Waals surface area contributed by atoms with Crippen LogP contribution >= 0.6 is 0 Å². The molecule has 2 amide bonds. The SMILES string of the molecule is C[C@@H]1CC(=Cc2ccncc2)C[N+]1(C(=O)O)C(=O)OCc1ccccc1. The first-order valence-corrected chi connectivity index (χ1v) is 8.44. The zero-order valence-corrected chi connectivity index (χ0v) is 14.5. The van der Waals surface area contributed by atoms with Crippen molar-refractivity contribution < 1.29 is 23.9 Å². The van der Waals surface area contributed by atoms with Crippen LogP contribution in [0.1, 0.15) is 24.5 Å². The Morgan fingerprint density at radius 1 is 1.23 bits per heavy atom. The fourth-order valence-corrected chi connectivity index (χ4v) is 3.29. The minimum Gasteiger partial charge on any atom is -0.435 e. The van der Waals surface area contributed by atoms with Crippen molar-refractivity contribution in [3.8, 4) is 0 Å². The molecular weight excluding hydrogens is 332 g/mol. The minimum absolute atomic E-state index is 0.0586. The quantitative estimate of drug-likeness (QED) is 0.841. The van der Waals surface area contributed by atoms with Gasteiger partial charge in [-0.15, -0.1) is 4.48 Å². The molecule has 26 heavy (non-hydrogen) atoms. The van der Waals surface area contributed by atoms with Crippen molar-refractivity contribution in [3.63, 3.8) is 0 Å². The van der Waals surface area contributed by atoms with E-state index >= 15 is 0 Å². The number of carboxylic acid groups (broad SMARTS) is 1. The summed E-state index contributed by atoms with van der Waals surface area (Å²) >= 11 is 0. The molecule has 1 unspecified atom stereocenters. The molecule has 2 heterocycles. The van der Waals surface area contributed by atoms with Gasteiger partial charge in [-0.25, -0.2) is 0 Å². The second-order valence-corrected chi connectivity index (χ2v) is 6.49. The van der Waals surface area contributed by atoms with Crippen molar-refractivity contribution >= 4 is 18.3 Å². The normalized spacial score (nSPS) is 23.7. The molecule has 1 aromatic heterocycles. The molecule has 134 valence electrons. The minimum atomic E-state index is -1.19. The summed E-state index contributed by atoms with van der Waals surface area (Å²) in [6, 6.07) is 12.5. The molecular formula is C20H21N2O4+. The number of nitrogens with zero attached hydrogens (tertiary/aromatic N) is 2. The number of hydrogen-bond donors (Lipinski definition) is 1. The lowest BCUT2D eigenvalue weighted by molar-refractivity contribution is -0.793. The van der Waals surface area contributed by atoms with Gasteiger partial charge in [-0.2, -0.15) is 9.59 Å². The summed E-state index contributed by atoms with van der Waals surface area (Å²) in [6.07, 6.45) is 3.89. The fourth-order valence-electron chi connectivity index (χ4n) is 3.29. The van der Waals surface area contributed by atoms with Crippen LogP contribution in [0.2, 0.25) is 0 Å². The van der Waals surface area contributed by atoms with Gasteiger partial charge in [0.15, 0.2) is 0 Å². The Labute approximate surface area is 151 Å². The van der Waals surface area contributed by atoms with E-state index in [9.17, 15) is 14.7 Å². The Balaban J connectivity index is 1.80. The maximum Gasteiger partial charge on any atom is 0.527 e. The van der Waals surface area contributed by atoms with E-state index in [0.29, 0.717) is 6.42 Å². The van der Waals surface area contributed by atoms with Gasteiger partial charge < -0.3 is 9.84 Å². The van der Waals surface area contributed by atoms with Crippen LogP contribution in [-0.4, -0.2) is 39.3 Å². The van der Waals surface area contributed by atoms with E-state index in [1.54, 1.807) is 19.3 Å². The van der Waals surface area contributed by atoms with Crippen molar-refractivity contribution in [1.29, 1.82) is 0 Å². The monoisotopic (exact) mass is 353 g/mol. The van der Waals surface area contributed by atoms with Crippen LogP contribution in [0, 0.1) is 0 Å². The molecule has 3 rings (SSSR count). The number of ether oxygens (including phenoxy) is 1. The Morgan fingerprint density at radius 2 is 1.92 bits per heavy atom. The Bertz CT molecular complexity index is 820. The lowest BCUT2D eigenvalue weighted by Crippen LogP contribution is -2.58. The molecule has 0 bridgehead atoms. The van der Waals surface area contributed by atoms with E-state index in [2.05, 4.69) is 4.98 Å². The summed E-state index contributed by atoms with van der Waals surface area (Å²) in [6.45, 7) is 1.93. The largest absolute Gasteiger partial charge is 0.527 e. The third-order valence-electron chi connectivity index (χ3n) is 4.71. The third kappa shape index (κ3) is 3.50. The Morgan fingerprint density at radius 3 is 2.58 bits per heavy atom. The van der Waals surface area contributed by atoms with Gasteiger partial charge in [-0.1, -0.05) is 30.3 Å². The van der Waals surface area contributed by atoms with Gasteiger partial charge >= 0.3 is 12.2 Å². The molecule has 2 aromatic rings. The number of imide groups is 1. The summed E-state index contributed by atoms with van der Waals surface area (Å²) in [5.41, 5.74) is 2.66. The molecule has 0 radical (unpaired) electrons. The average molecular weight is 353 g/mol. The van der Waals surface area contributed by atoms with E-state index in [4.69, 9.17) is 4.74 Å². The van der Waals surface area contributed by atoms with Gasteiger partial charge in [0.1, 0.15) is 19.2 Å². The number of carbonyl (C=O) groups is 2. The van der Waals surface area contributed by atoms with Gasteiger partial charge in [0.05, 0.1) is 0 Å². The average Bonchev–Trinajstić information content (AvgIpc) is 2.98. The van der Waals surface area contributed by atoms with Crippen molar-refractivity contribution in [3.05, 3.63) is 71.6 Å². The van der Waals surface area contributed by atoms with Crippen LogP contribution in [0.25, 0.3) is 6.08 Å². The van der Waals surface area contributed by atoms with Gasteiger partial charge in [-0.05, 0) is 41.8 Å². The van der Waals surface area contributed by atoms with E-state index < -0.39 is 22.7 Å². The smallest absolute Gasteiger partial charge is 0.435 e. The van der Waals surface area contributed by atoms with Crippen LogP contribution in [0.15, 0.2) is 60.4 Å². The number of amides is 2. The van der Waals surface area contributed by atoms with Gasteiger partial charge in [-0.3, -0.25) is 4.98 Å². The van der Waals surface area contributed by atoms with Crippen molar-refractivity contribution in [2.24, 2.45) is 0 Å². The van der Waals surface area contributed by atoms with Crippen LogP contribution in [0.4, 0.5) is 9.59 Å². The predicted molar refractivity (Wildman–Crippen MR) is 96.1 cm³/mol. The number of pyridine rings is 1. The van der Waals surface area contributed by atoms with Gasteiger partial charge in [0.25, 0.3) is 0 Å². The number of quaternary nitrogens is 1. The summed E-state index contributed by atoms with van der Waals surface area (Å²) < 4.78 is 4.63. The number of hydrogen-bond acceptors (Lipinski definition) is 4. The van der Waals surface area contributed by atoms with Crippen LogP contribution < -0.4 is 0 Å². The fraction of sp³-hybridized carbons (Fsp3) is 0.250. The maximum absolute atomic E-state index is 12.7. The number of benzene rings is 1. The first kappa shape index (κ1) is 17.8. The molecule has 6 heteroatoms. The van der Waals surface area contributed by atoms with E-state index in [0.717, 1.165) is 16.7 Å². The van der Waals surface area contributed by atoms with Crippen molar-refractivity contribution in [2.75, 3.05) is 6.54 Å². The molecule has 0 spiro atoms. The predicted octanol–water partition coefficient (Wildman–Crippen LogP) is 4.09. The molecule has 1 aliphatic heterocycles. The lowest BCUT2D eigenvalue weighted by atomic mass is 10.1. The van der Waals surface area contributed by atoms with E-state index in [1.807, 2.05) is 48.5 Å². The zero-order valence-electron chi connectivity index (χ0n) is 14.5. The third-order valence-corrected chi connectivity index (χ3v) is 4.71. The molecule has 6 nitrogen and oxygen atoms in total. The second kappa shape index (κ2) is 7.49. The molecule has 0 aliphatic carbocycles. The topological polar surface area (TPSA) is 76.5 Å². The highest BCUT2D eigenvalue weighted by molar-refractivity contribution is 5.77. The first-order chi connectivity index (χ1) is 12.5. The highest BCUT2D eigenvalue weighted by Gasteiger charge is 2.56. The molecule has 1 saturated heterocycles. The summed E-state index contributed by atoms with van der Waals surface area (Å²) in [4.78, 5) is 28.7. The summed E-state index contributed by atoms with van der Waals surface area (Å²) in [5, 5.41) is 9.82. The van der Waals surface area contributed by atoms with E-state index in [1.165, 1.54) is 0 Å². The van der Waals surface area contributed by atoms with Crippen LogP contribution in [0.3, 0.4) is 0 Å². The Hall–Kier alpha value is -2.99.